The van der Waals surface area contributed by atoms with E-state index in [9.17, 15) is 9.59 Å². The number of carboxylic acid groups (broad SMARTS) is 1. The highest BCUT2D eigenvalue weighted by molar-refractivity contribution is 8.18. The fourth-order valence-electron chi connectivity index (χ4n) is 2.25. The number of hydrogen-bond donors (Lipinski definition) is 2. The van der Waals surface area contributed by atoms with Gasteiger partial charge in [0.1, 0.15) is 5.75 Å². The summed E-state index contributed by atoms with van der Waals surface area (Å²) in [6.45, 7) is 0.0844. The van der Waals surface area contributed by atoms with E-state index < -0.39 is 5.97 Å². The number of thioether (sulfide) groups is 1. The molecule has 6 nitrogen and oxygen atoms in total. The summed E-state index contributed by atoms with van der Waals surface area (Å²) in [5.41, 5.74) is 1.42. The second-order valence-electron chi connectivity index (χ2n) is 5.53. The van der Waals surface area contributed by atoms with E-state index in [0.717, 1.165) is 5.56 Å². The average Bonchev–Trinajstić information content (AvgIpc) is 2.94. The molecule has 1 fully saturated rings. The highest BCUT2D eigenvalue weighted by Gasteiger charge is 2.23. The predicted octanol–water partition coefficient (Wildman–Crippen LogP) is 4.09. The Labute approximate surface area is 164 Å². The molecule has 0 radical (unpaired) electrons. The Morgan fingerprint density at radius 2 is 2.07 bits per heavy atom. The molecule has 2 N–H and O–H groups in total. The first-order chi connectivity index (χ1) is 13.0. The molecule has 0 atom stereocenters. The van der Waals surface area contributed by atoms with Crippen LogP contribution in [0.1, 0.15) is 12.0 Å². The summed E-state index contributed by atoms with van der Waals surface area (Å²) >= 11 is 7.17. The molecule has 1 aliphatic rings. The fraction of sp³-hybridized carbons (Fsp3) is 0.105. The van der Waals surface area contributed by atoms with Crippen LogP contribution >= 0.6 is 23.4 Å². The molecule has 2 aromatic carbocycles. The third kappa shape index (κ3) is 5.60. The third-order valence-corrected chi connectivity index (χ3v) is 4.58. The van der Waals surface area contributed by atoms with Gasteiger partial charge in [-0.15, -0.1) is 0 Å². The lowest BCUT2D eigenvalue weighted by Crippen LogP contribution is -2.19. The van der Waals surface area contributed by atoms with E-state index in [2.05, 4.69) is 10.3 Å². The van der Waals surface area contributed by atoms with Crippen LogP contribution in [-0.2, 0) is 9.59 Å². The van der Waals surface area contributed by atoms with Crippen LogP contribution in [0, 0.1) is 0 Å². The number of aliphatic imine (C=N–C) groups is 1. The summed E-state index contributed by atoms with van der Waals surface area (Å²) in [7, 11) is 0. The second-order valence-corrected chi connectivity index (χ2v) is 6.99. The number of benzene rings is 2. The molecular weight excluding hydrogens is 388 g/mol. The quantitative estimate of drug-likeness (QED) is 0.710. The van der Waals surface area contributed by atoms with Crippen LogP contribution in [0.25, 0.3) is 6.08 Å². The van der Waals surface area contributed by atoms with E-state index in [0.29, 0.717) is 26.5 Å². The number of amidine groups is 1. The van der Waals surface area contributed by atoms with Gasteiger partial charge in [0, 0.05) is 5.02 Å². The maximum atomic E-state index is 12.2. The standard InChI is InChI=1S/C19H15ClN2O4S/c20-13-4-2-5-14(11-13)21-19-22-18(25)16(27-19)10-12-3-1-6-15(9-12)26-8-7-17(23)24/h1-6,9-11H,7-8H2,(H,23,24)(H,21,22,25)/b16-10+. The smallest absolute Gasteiger partial charge is 0.306 e. The van der Waals surface area contributed by atoms with Crippen molar-refractivity contribution in [1.82, 2.24) is 5.32 Å². The zero-order chi connectivity index (χ0) is 19.2. The molecule has 1 saturated heterocycles. The van der Waals surface area contributed by atoms with Gasteiger partial charge < -0.3 is 15.2 Å². The van der Waals surface area contributed by atoms with Crippen molar-refractivity contribution in [2.24, 2.45) is 4.99 Å². The van der Waals surface area contributed by atoms with E-state index in [-0.39, 0.29) is 18.9 Å². The van der Waals surface area contributed by atoms with Gasteiger partial charge in [-0.3, -0.25) is 9.59 Å². The van der Waals surface area contributed by atoms with Gasteiger partial charge >= 0.3 is 5.97 Å². The number of carbonyl (C=O) groups excluding carboxylic acids is 1. The summed E-state index contributed by atoms with van der Waals surface area (Å²) in [4.78, 5) is 27.6. The van der Waals surface area contributed by atoms with Gasteiger partial charge in [0.15, 0.2) is 5.17 Å². The molecule has 2 aromatic rings. The zero-order valence-electron chi connectivity index (χ0n) is 14.0. The topological polar surface area (TPSA) is 88.0 Å². The Morgan fingerprint density at radius 3 is 2.85 bits per heavy atom. The third-order valence-electron chi connectivity index (χ3n) is 3.43. The molecule has 1 aliphatic heterocycles. The Balaban J connectivity index is 1.72. The minimum absolute atomic E-state index is 0.0765. The summed E-state index contributed by atoms with van der Waals surface area (Å²) in [5, 5.41) is 12.4. The first-order valence-corrected chi connectivity index (χ1v) is 9.19. The van der Waals surface area contributed by atoms with Crippen molar-refractivity contribution in [2.45, 2.75) is 6.42 Å². The molecule has 1 heterocycles. The number of halogens is 1. The van der Waals surface area contributed by atoms with Crippen LogP contribution in [0.3, 0.4) is 0 Å². The van der Waals surface area contributed by atoms with Crippen LogP contribution < -0.4 is 10.1 Å². The highest BCUT2D eigenvalue weighted by Crippen LogP contribution is 2.29. The fourth-order valence-corrected chi connectivity index (χ4v) is 3.27. The Hall–Kier alpha value is -2.77. The SMILES string of the molecule is O=C(O)CCOc1cccc(/C=C2/SC(=Nc3cccc(Cl)c3)NC2=O)c1. The predicted molar refractivity (Wildman–Crippen MR) is 106 cm³/mol. The molecule has 8 heteroatoms. The molecule has 0 aromatic heterocycles. The molecule has 138 valence electrons. The summed E-state index contributed by atoms with van der Waals surface area (Å²) < 4.78 is 5.41. The Morgan fingerprint density at radius 1 is 1.26 bits per heavy atom. The number of carbonyl (C=O) groups is 2. The van der Waals surface area contributed by atoms with E-state index in [1.54, 1.807) is 48.5 Å². The number of ether oxygens (including phenoxy) is 1. The van der Waals surface area contributed by atoms with E-state index in [4.69, 9.17) is 21.4 Å². The van der Waals surface area contributed by atoms with E-state index >= 15 is 0 Å². The first kappa shape index (κ1) is 19.0. The van der Waals surface area contributed by atoms with Gasteiger partial charge in [-0.05, 0) is 53.7 Å². The summed E-state index contributed by atoms with van der Waals surface area (Å²) in [6.07, 6.45) is 1.65. The van der Waals surface area contributed by atoms with Crippen LogP contribution in [0.15, 0.2) is 58.4 Å². The molecular formula is C19H15ClN2O4S. The summed E-state index contributed by atoms with van der Waals surface area (Å²) in [6, 6.07) is 14.1. The van der Waals surface area contributed by atoms with Gasteiger partial charge in [-0.2, -0.15) is 0 Å². The molecule has 27 heavy (non-hydrogen) atoms. The van der Waals surface area contributed by atoms with Gasteiger partial charge in [-0.1, -0.05) is 29.8 Å². The molecule has 0 saturated carbocycles. The summed E-state index contributed by atoms with van der Waals surface area (Å²) in [5.74, 6) is -0.612. The van der Waals surface area contributed by atoms with Gasteiger partial charge in [0.05, 0.1) is 23.6 Å². The highest BCUT2D eigenvalue weighted by atomic mass is 35.5. The van der Waals surface area contributed by atoms with Crippen molar-refractivity contribution < 1.29 is 19.4 Å². The van der Waals surface area contributed by atoms with Crippen molar-refractivity contribution in [2.75, 3.05) is 6.61 Å². The van der Waals surface area contributed by atoms with E-state index in [1.807, 2.05) is 6.07 Å². The lowest BCUT2D eigenvalue weighted by Gasteiger charge is -2.05. The monoisotopic (exact) mass is 402 g/mol. The maximum Gasteiger partial charge on any atom is 0.306 e. The number of carboxylic acids is 1. The second kappa shape index (κ2) is 8.75. The van der Waals surface area contributed by atoms with Crippen LogP contribution in [0.4, 0.5) is 5.69 Å². The number of nitrogens with one attached hydrogen (secondary N) is 1. The molecule has 1 amide bonds. The van der Waals surface area contributed by atoms with Crippen molar-refractivity contribution in [3.8, 4) is 5.75 Å². The lowest BCUT2D eigenvalue weighted by molar-refractivity contribution is -0.137. The minimum Gasteiger partial charge on any atom is -0.493 e. The van der Waals surface area contributed by atoms with Crippen molar-refractivity contribution >= 4 is 52.2 Å². The van der Waals surface area contributed by atoms with Crippen LogP contribution in [0.5, 0.6) is 5.75 Å². The number of hydrogen-bond acceptors (Lipinski definition) is 5. The van der Waals surface area contributed by atoms with Gasteiger partial charge in [0.25, 0.3) is 5.91 Å². The van der Waals surface area contributed by atoms with Crippen LogP contribution in [-0.4, -0.2) is 28.8 Å². The van der Waals surface area contributed by atoms with Crippen LogP contribution in [0.2, 0.25) is 5.02 Å². The Bertz CT molecular complexity index is 943. The van der Waals surface area contributed by atoms with Crippen molar-refractivity contribution in [1.29, 1.82) is 0 Å². The molecule has 0 unspecified atom stereocenters. The zero-order valence-corrected chi connectivity index (χ0v) is 15.6. The van der Waals surface area contributed by atoms with E-state index in [1.165, 1.54) is 11.8 Å². The van der Waals surface area contributed by atoms with Gasteiger partial charge in [-0.25, -0.2) is 4.99 Å². The average molecular weight is 403 g/mol. The van der Waals surface area contributed by atoms with Crippen molar-refractivity contribution in [3.05, 3.63) is 64.0 Å². The lowest BCUT2D eigenvalue weighted by atomic mass is 10.2. The van der Waals surface area contributed by atoms with Gasteiger partial charge in [0.2, 0.25) is 0 Å². The first-order valence-electron chi connectivity index (χ1n) is 7.99. The Kier molecular flexibility index (Phi) is 6.16. The maximum absolute atomic E-state index is 12.2. The molecule has 3 rings (SSSR count). The largest absolute Gasteiger partial charge is 0.493 e. The molecule has 0 spiro atoms. The number of aliphatic carboxylic acids is 1. The molecule has 0 aliphatic carbocycles. The molecule has 0 bridgehead atoms. The number of rotatable bonds is 6. The number of amides is 1. The minimum atomic E-state index is -0.918. The number of nitrogens with zero attached hydrogens (tertiary/aromatic N) is 1. The van der Waals surface area contributed by atoms with Crippen molar-refractivity contribution in [3.63, 3.8) is 0 Å². The normalized spacial score (nSPS) is 16.6.